The van der Waals surface area contributed by atoms with Crippen molar-refractivity contribution < 1.29 is 14.7 Å². The first-order valence-electron chi connectivity index (χ1n) is 5.57. The number of aromatic nitrogens is 1. The van der Waals surface area contributed by atoms with E-state index in [1.807, 2.05) is 19.1 Å². The molecule has 1 aromatic heterocycles. The summed E-state index contributed by atoms with van der Waals surface area (Å²) in [6, 6.07) is 8.86. The van der Waals surface area contributed by atoms with Crippen LogP contribution in [0.5, 0.6) is 0 Å². The minimum Gasteiger partial charge on any atom is -0.481 e. The van der Waals surface area contributed by atoms with Gasteiger partial charge in [-0.15, -0.1) is 0 Å². The Morgan fingerprint density at radius 1 is 1.28 bits per heavy atom. The van der Waals surface area contributed by atoms with E-state index in [0.29, 0.717) is 16.8 Å². The van der Waals surface area contributed by atoms with Gasteiger partial charge in [-0.25, -0.2) is 0 Å². The lowest BCUT2D eigenvalue weighted by Crippen LogP contribution is -2.08. The standard InChI is InChI=1S/C14H13NO3/c1-9-3-2-4-10(7-9)14(18)11-5-6-15-12(11)8-13(16)17/h2-7,15H,8H2,1H3,(H,16,17). The van der Waals surface area contributed by atoms with E-state index in [1.54, 1.807) is 24.4 Å². The summed E-state index contributed by atoms with van der Waals surface area (Å²) in [5.41, 5.74) is 2.43. The first kappa shape index (κ1) is 12.1. The molecule has 0 bridgehead atoms. The molecule has 0 radical (unpaired) electrons. The number of hydrogen-bond acceptors (Lipinski definition) is 2. The molecule has 2 N–H and O–H groups in total. The highest BCUT2D eigenvalue weighted by atomic mass is 16.4. The van der Waals surface area contributed by atoms with E-state index >= 15 is 0 Å². The number of carbonyl (C=O) groups excluding carboxylic acids is 1. The second kappa shape index (κ2) is 4.87. The molecule has 0 saturated heterocycles. The second-order valence-electron chi connectivity index (χ2n) is 4.14. The molecule has 92 valence electrons. The smallest absolute Gasteiger partial charge is 0.309 e. The Kier molecular flexibility index (Phi) is 3.28. The zero-order valence-corrected chi connectivity index (χ0v) is 9.93. The third-order valence-electron chi connectivity index (χ3n) is 2.69. The summed E-state index contributed by atoms with van der Waals surface area (Å²) in [5, 5.41) is 8.77. The van der Waals surface area contributed by atoms with Gasteiger partial charge in [0.2, 0.25) is 0 Å². The van der Waals surface area contributed by atoms with Gasteiger partial charge in [0.15, 0.2) is 5.78 Å². The SMILES string of the molecule is Cc1cccc(C(=O)c2cc[nH]c2CC(=O)O)c1. The molecule has 0 atom stereocenters. The number of carboxylic acids is 1. The molecular formula is C14H13NO3. The highest BCUT2D eigenvalue weighted by Gasteiger charge is 2.16. The number of nitrogens with one attached hydrogen (secondary N) is 1. The van der Waals surface area contributed by atoms with Crippen LogP contribution in [0.1, 0.15) is 27.2 Å². The lowest BCUT2D eigenvalue weighted by Gasteiger charge is -2.03. The third-order valence-corrected chi connectivity index (χ3v) is 2.69. The van der Waals surface area contributed by atoms with Crippen molar-refractivity contribution in [3.63, 3.8) is 0 Å². The van der Waals surface area contributed by atoms with Gasteiger partial charge in [-0.1, -0.05) is 23.8 Å². The van der Waals surface area contributed by atoms with E-state index < -0.39 is 5.97 Å². The number of hydrogen-bond donors (Lipinski definition) is 2. The summed E-state index contributed by atoms with van der Waals surface area (Å²) in [5.74, 6) is -1.12. The maximum absolute atomic E-state index is 12.2. The van der Waals surface area contributed by atoms with Gasteiger partial charge >= 0.3 is 5.97 Å². The van der Waals surface area contributed by atoms with E-state index in [0.717, 1.165) is 5.56 Å². The third kappa shape index (κ3) is 2.48. The molecule has 1 aromatic carbocycles. The largest absolute Gasteiger partial charge is 0.481 e. The van der Waals surface area contributed by atoms with Gasteiger partial charge in [0.1, 0.15) is 0 Å². The molecule has 18 heavy (non-hydrogen) atoms. The fourth-order valence-electron chi connectivity index (χ4n) is 1.86. The first-order chi connectivity index (χ1) is 8.58. The molecular weight excluding hydrogens is 230 g/mol. The van der Waals surface area contributed by atoms with Crippen LogP contribution in [0.25, 0.3) is 0 Å². The highest BCUT2D eigenvalue weighted by Crippen LogP contribution is 2.15. The number of rotatable bonds is 4. The van der Waals surface area contributed by atoms with Gasteiger partial charge in [0.25, 0.3) is 0 Å². The van der Waals surface area contributed by atoms with Crippen molar-refractivity contribution in [2.75, 3.05) is 0 Å². The number of aromatic amines is 1. The molecule has 0 spiro atoms. The lowest BCUT2D eigenvalue weighted by molar-refractivity contribution is -0.136. The molecule has 4 heteroatoms. The van der Waals surface area contributed by atoms with E-state index in [2.05, 4.69) is 4.98 Å². The van der Waals surface area contributed by atoms with Crippen molar-refractivity contribution in [1.82, 2.24) is 4.98 Å². The van der Waals surface area contributed by atoms with Crippen molar-refractivity contribution >= 4 is 11.8 Å². The van der Waals surface area contributed by atoms with Gasteiger partial charge in [-0.05, 0) is 19.1 Å². The molecule has 1 heterocycles. The Labute approximate surface area is 104 Å². The lowest BCUT2D eigenvalue weighted by atomic mass is 10.0. The second-order valence-corrected chi connectivity index (χ2v) is 4.14. The van der Waals surface area contributed by atoms with Gasteiger partial charge in [0, 0.05) is 23.0 Å². The van der Waals surface area contributed by atoms with Crippen molar-refractivity contribution in [2.24, 2.45) is 0 Å². The number of aryl methyl sites for hydroxylation is 1. The summed E-state index contributed by atoms with van der Waals surface area (Å²) in [7, 11) is 0. The van der Waals surface area contributed by atoms with Gasteiger partial charge in [-0.3, -0.25) is 9.59 Å². The van der Waals surface area contributed by atoms with Gasteiger partial charge in [-0.2, -0.15) is 0 Å². The number of benzene rings is 1. The number of carbonyl (C=O) groups is 2. The van der Waals surface area contributed by atoms with Crippen molar-refractivity contribution in [3.8, 4) is 0 Å². The van der Waals surface area contributed by atoms with E-state index in [1.165, 1.54) is 0 Å². The monoisotopic (exact) mass is 243 g/mol. The summed E-state index contributed by atoms with van der Waals surface area (Å²) < 4.78 is 0. The molecule has 0 fully saturated rings. The normalized spacial score (nSPS) is 10.3. The first-order valence-corrected chi connectivity index (χ1v) is 5.57. The van der Waals surface area contributed by atoms with E-state index in [4.69, 9.17) is 5.11 Å². The fraction of sp³-hybridized carbons (Fsp3) is 0.143. The summed E-state index contributed by atoms with van der Waals surface area (Å²) in [6.07, 6.45) is 1.40. The van der Waals surface area contributed by atoms with Crippen LogP contribution in [0.4, 0.5) is 0 Å². The molecule has 0 aliphatic carbocycles. The Hall–Kier alpha value is -2.36. The topological polar surface area (TPSA) is 70.2 Å². The average molecular weight is 243 g/mol. The predicted molar refractivity (Wildman–Crippen MR) is 66.7 cm³/mol. The maximum atomic E-state index is 12.2. The number of carboxylic acid groups (broad SMARTS) is 1. The Morgan fingerprint density at radius 2 is 2.06 bits per heavy atom. The molecule has 0 aliphatic heterocycles. The molecule has 0 saturated carbocycles. The average Bonchev–Trinajstić information content (AvgIpc) is 2.75. The fourth-order valence-corrected chi connectivity index (χ4v) is 1.86. The van der Waals surface area contributed by atoms with Crippen LogP contribution in [0.15, 0.2) is 36.5 Å². The van der Waals surface area contributed by atoms with Crippen LogP contribution in [0.2, 0.25) is 0 Å². The van der Waals surface area contributed by atoms with Crippen LogP contribution >= 0.6 is 0 Å². The van der Waals surface area contributed by atoms with Crippen molar-refractivity contribution in [3.05, 3.63) is 58.9 Å². The Bertz CT molecular complexity index is 599. The molecule has 2 rings (SSSR count). The van der Waals surface area contributed by atoms with Gasteiger partial charge in [0.05, 0.1) is 6.42 Å². The summed E-state index contributed by atoms with van der Waals surface area (Å²) >= 11 is 0. The molecule has 2 aromatic rings. The van der Waals surface area contributed by atoms with E-state index in [-0.39, 0.29) is 12.2 Å². The molecule has 0 amide bonds. The zero-order chi connectivity index (χ0) is 13.1. The molecule has 4 nitrogen and oxygen atoms in total. The van der Waals surface area contributed by atoms with Crippen LogP contribution in [0.3, 0.4) is 0 Å². The summed E-state index contributed by atoms with van der Waals surface area (Å²) in [4.78, 5) is 25.8. The number of ketones is 1. The quantitative estimate of drug-likeness (QED) is 0.808. The van der Waals surface area contributed by atoms with E-state index in [9.17, 15) is 9.59 Å². The molecule has 0 unspecified atom stereocenters. The van der Waals surface area contributed by atoms with Crippen LogP contribution in [-0.4, -0.2) is 21.8 Å². The molecule has 0 aliphatic rings. The van der Waals surface area contributed by atoms with Crippen LogP contribution < -0.4 is 0 Å². The van der Waals surface area contributed by atoms with Gasteiger partial charge < -0.3 is 10.1 Å². The maximum Gasteiger partial charge on any atom is 0.309 e. The minimum absolute atomic E-state index is 0.156. The zero-order valence-electron chi connectivity index (χ0n) is 9.93. The Morgan fingerprint density at radius 3 is 2.72 bits per heavy atom. The minimum atomic E-state index is -0.962. The van der Waals surface area contributed by atoms with Crippen molar-refractivity contribution in [2.45, 2.75) is 13.3 Å². The number of aliphatic carboxylic acids is 1. The Balaban J connectivity index is 2.34. The van der Waals surface area contributed by atoms with Crippen LogP contribution in [0, 0.1) is 6.92 Å². The highest BCUT2D eigenvalue weighted by molar-refractivity contribution is 6.10. The van der Waals surface area contributed by atoms with Crippen LogP contribution in [-0.2, 0) is 11.2 Å². The number of H-pyrrole nitrogens is 1. The van der Waals surface area contributed by atoms with Crippen molar-refractivity contribution in [1.29, 1.82) is 0 Å². The predicted octanol–water partition coefficient (Wildman–Crippen LogP) is 2.18. The summed E-state index contributed by atoms with van der Waals surface area (Å²) in [6.45, 7) is 1.91.